The zero-order chi connectivity index (χ0) is 13.8. The van der Waals surface area contributed by atoms with Crippen LogP contribution in [0.25, 0.3) is 0 Å². The minimum absolute atomic E-state index is 0.0717. The van der Waals surface area contributed by atoms with Gasteiger partial charge in [-0.05, 0) is 24.6 Å². The van der Waals surface area contributed by atoms with E-state index < -0.39 is 10.0 Å². The van der Waals surface area contributed by atoms with Crippen LogP contribution >= 0.6 is 0 Å². The molecule has 0 spiro atoms. The molecule has 0 bridgehead atoms. The molecule has 1 aromatic rings. The maximum atomic E-state index is 11.8. The lowest BCUT2D eigenvalue weighted by molar-refractivity contribution is 0.345. The highest BCUT2D eigenvalue weighted by Crippen LogP contribution is 2.13. The van der Waals surface area contributed by atoms with Crippen LogP contribution in [0.5, 0.6) is 0 Å². The summed E-state index contributed by atoms with van der Waals surface area (Å²) in [6.07, 6.45) is 0. The molecule has 0 atom stereocenters. The fraction of sp³-hybridized carbons (Fsp3) is 0.636. The third-order valence-corrected chi connectivity index (χ3v) is 3.41. The summed E-state index contributed by atoms with van der Waals surface area (Å²) in [5, 5.41) is 4.47. The van der Waals surface area contributed by atoms with Crippen LogP contribution in [0.4, 0.5) is 0 Å². The van der Waals surface area contributed by atoms with Gasteiger partial charge in [-0.2, -0.15) is 0 Å². The number of sulfonamides is 1. The first-order valence-electron chi connectivity index (χ1n) is 5.80. The van der Waals surface area contributed by atoms with Crippen molar-refractivity contribution in [3.05, 3.63) is 17.9 Å². The van der Waals surface area contributed by atoms with E-state index in [0.29, 0.717) is 18.2 Å². The topological polar surface area (TPSA) is 74.6 Å². The molecule has 1 aromatic heterocycles. The third kappa shape index (κ3) is 4.77. The normalized spacial score (nSPS) is 12.6. The van der Waals surface area contributed by atoms with Gasteiger partial charge in [0.2, 0.25) is 5.09 Å². The average Bonchev–Trinajstić information content (AvgIpc) is 2.64. The Morgan fingerprint density at radius 2 is 2.00 bits per heavy atom. The van der Waals surface area contributed by atoms with E-state index in [4.69, 9.17) is 4.42 Å². The van der Waals surface area contributed by atoms with Crippen molar-refractivity contribution in [2.45, 2.75) is 25.5 Å². The van der Waals surface area contributed by atoms with Crippen LogP contribution < -0.4 is 10.1 Å². The van der Waals surface area contributed by atoms with E-state index in [1.807, 2.05) is 0 Å². The summed E-state index contributed by atoms with van der Waals surface area (Å²) in [5.74, 6) is 1.15. The molecular formula is C11H21N3O3S. The van der Waals surface area contributed by atoms with Gasteiger partial charge in [-0.3, -0.25) is 0 Å². The van der Waals surface area contributed by atoms with Crippen molar-refractivity contribution in [2.75, 3.05) is 20.6 Å². The van der Waals surface area contributed by atoms with Crippen molar-refractivity contribution in [1.82, 2.24) is 15.2 Å². The Labute approximate surface area is 108 Å². The molecule has 1 heterocycles. The van der Waals surface area contributed by atoms with E-state index in [1.54, 1.807) is 20.2 Å². The van der Waals surface area contributed by atoms with Gasteiger partial charge in [0.15, 0.2) is 0 Å². The number of hydrazine groups is 1. The van der Waals surface area contributed by atoms with E-state index in [0.717, 1.165) is 6.54 Å². The molecule has 7 heteroatoms. The molecular weight excluding hydrogens is 254 g/mol. The van der Waals surface area contributed by atoms with Crippen LogP contribution in [0.2, 0.25) is 0 Å². The SMILES string of the molecule is CC(C)CNCc1ccc(S(=O)(=O)NN(C)C)o1. The lowest BCUT2D eigenvalue weighted by Gasteiger charge is -2.10. The van der Waals surface area contributed by atoms with Crippen molar-refractivity contribution >= 4 is 10.0 Å². The minimum Gasteiger partial charge on any atom is -0.447 e. The quantitative estimate of drug-likeness (QED) is 0.719. The molecule has 1 rings (SSSR count). The average molecular weight is 275 g/mol. The molecule has 0 aromatic carbocycles. The lowest BCUT2D eigenvalue weighted by Crippen LogP contribution is -2.35. The summed E-state index contributed by atoms with van der Waals surface area (Å²) in [5.41, 5.74) is 0. The molecule has 0 unspecified atom stereocenters. The Morgan fingerprint density at radius 1 is 1.33 bits per heavy atom. The number of hydrogen-bond acceptors (Lipinski definition) is 5. The fourth-order valence-corrected chi connectivity index (χ4v) is 2.40. The Hall–Kier alpha value is -0.890. The highest BCUT2D eigenvalue weighted by molar-refractivity contribution is 7.89. The summed E-state index contributed by atoms with van der Waals surface area (Å²) in [4.78, 5) is 2.31. The summed E-state index contributed by atoms with van der Waals surface area (Å²) >= 11 is 0. The summed E-state index contributed by atoms with van der Waals surface area (Å²) in [6, 6.07) is 3.12. The monoisotopic (exact) mass is 275 g/mol. The second-order valence-corrected chi connectivity index (χ2v) is 6.33. The minimum atomic E-state index is -3.60. The Balaban J connectivity index is 2.63. The van der Waals surface area contributed by atoms with Crippen LogP contribution in [0, 0.1) is 5.92 Å². The predicted molar refractivity (Wildman–Crippen MR) is 69.3 cm³/mol. The number of hydrogen-bond donors (Lipinski definition) is 2. The first-order chi connectivity index (χ1) is 8.31. The number of nitrogens with one attached hydrogen (secondary N) is 2. The first-order valence-corrected chi connectivity index (χ1v) is 7.29. The van der Waals surface area contributed by atoms with Crippen LogP contribution in [0.1, 0.15) is 19.6 Å². The van der Waals surface area contributed by atoms with Gasteiger partial charge >= 0.3 is 0 Å². The summed E-state index contributed by atoms with van der Waals surface area (Å²) in [7, 11) is -0.393. The molecule has 0 amide bonds. The van der Waals surface area contributed by atoms with Gasteiger partial charge in [0.05, 0.1) is 6.54 Å². The smallest absolute Gasteiger partial charge is 0.286 e. The fourth-order valence-electron chi connectivity index (χ4n) is 1.37. The van der Waals surface area contributed by atoms with E-state index >= 15 is 0 Å². The first kappa shape index (κ1) is 15.2. The summed E-state index contributed by atoms with van der Waals surface area (Å²) in [6.45, 7) is 5.59. The molecule has 0 aliphatic rings. The van der Waals surface area contributed by atoms with Gasteiger partial charge in [0.1, 0.15) is 5.76 Å². The Morgan fingerprint density at radius 3 is 2.56 bits per heavy atom. The Bertz CT molecular complexity index is 466. The lowest BCUT2D eigenvalue weighted by atomic mass is 10.2. The second kappa shape index (κ2) is 6.33. The largest absolute Gasteiger partial charge is 0.447 e. The van der Waals surface area contributed by atoms with Crippen molar-refractivity contribution in [1.29, 1.82) is 0 Å². The van der Waals surface area contributed by atoms with Gasteiger partial charge in [-0.25, -0.2) is 13.4 Å². The molecule has 0 aliphatic carbocycles. The molecule has 2 N–H and O–H groups in total. The van der Waals surface area contributed by atoms with Crippen molar-refractivity contribution in [3.63, 3.8) is 0 Å². The number of nitrogens with zero attached hydrogens (tertiary/aromatic N) is 1. The van der Waals surface area contributed by atoms with Gasteiger partial charge in [0.25, 0.3) is 10.0 Å². The summed E-state index contributed by atoms with van der Waals surface area (Å²) < 4.78 is 28.8. The standard InChI is InChI=1S/C11H21N3O3S/c1-9(2)7-12-8-10-5-6-11(17-10)18(15,16)13-14(3)4/h5-6,9,12-13H,7-8H2,1-4H3. The molecule has 0 saturated carbocycles. The van der Waals surface area contributed by atoms with Gasteiger partial charge in [-0.15, -0.1) is 4.83 Å². The highest BCUT2D eigenvalue weighted by atomic mass is 32.2. The number of furan rings is 1. The van der Waals surface area contributed by atoms with E-state index in [2.05, 4.69) is 24.0 Å². The molecule has 0 radical (unpaired) electrons. The second-order valence-electron chi connectivity index (χ2n) is 4.73. The van der Waals surface area contributed by atoms with Gasteiger partial charge < -0.3 is 9.73 Å². The van der Waals surface area contributed by atoms with E-state index in [1.165, 1.54) is 11.1 Å². The maximum absolute atomic E-state index is 11.8. The molecule has 0 fully saturated rings. The maximum Gasteiger partial charge on any atom is 0.286 e. The Kier molecular flexibility index (Phi) is 5.33. The van der Waals surface area contributed by atoms with Crippen LogP contribution in [0.15, 0.2) is 21.6 Å². The van der Waals surface area contributed by atoms with E-state index in [9.17, 15) is 8.42 Å². The van der Waals surface area contributed by atoms with Gasteiger partial charge in [0, 0.05) is 14.1 Å². The van der Waals surface area contributed by atoms with Crippen LogP contribution in [-0.4, -0.2) is 34.1 Å². The number of rotatable bonds is 7. The zero-order valence-electron chi connectivity index (χ0n) is 11.2. The van der Waals surface area contributed by atoms with E-state index in [-0.39, 0.29) is 5.09 Å². The van der Waals surface area contributed by atoms with Crippen molar-refractivity contribution < 1.29 is 12.8 Å². The molecule has 6 nitrogen and oxygen atoms in total. The molecule has 104 valence electrons. The highest BCUT2D eigenvalue weighted by Gasteiger charge is 2.19. The van der Waals surface area contributed by atoms with Gasteiger partial charge in [-0.1, -0.05) is 13.8 Å². The molecule has 0 aliphatic heterocycles. The van der Waals surface area contributed by atoms with Crippen molar-refractivity contribution in [3.8, 4) is 0 Å². The van der Waals surface area contributed by atoms with Crippen LogP contribution in [0.3, 0.4) is 0 Å². The van der Waals surface area contributed by atoms with Crippen LogP contribution in [-0.2, 0) is 16.6 Å². The molecule has 0 saturated heterocycles. The van der Waals surface area contributed by atoms with Crippen molar-refractivity contribution in [2.24, 2.45) is 5.92 Å². The predicted octanol–water partition coefficient (Wildman–Crippen LogP) is 0.780. The zero-order valence-corrected chi connectivity index (χ0v) is 12.0. The third-order valence-electron chi connectivity index (χ3n) is 2.06. The molecule has 18 heavy (non-hydrogen) atoms.